The summed E-state index contributed by atoms with van der Waals surface area (Å²) in [5, 5.41) is 15.3. The molecule has 0 fully saturated rings. The van der Waals surface area contributed by atoms with E-state index in [0.29, 0.717) is 27.2 Å². The molecule has 28 heavy (non-hydrogen) atoms. The second-order valence-electron chi connectivity index (χ2n) is 6.28. The van der Waals surface area contributed by atoms with E-state index < -0.39 is 5.92 Å². The van der Waals surface area contributed by atoms with Crippen LogP contribution in [0.15, 0.2) is 58.4 Å². The van der Waals surface area contributed by atoms with Crippen LogP contribution in [0, 0.1) is 18.3 Å². The van der Waals surface area contributed by atoms with Crippen LogP contribution < -0.4 is 10.5 Å². The molecule has 0 radical (unpaired) electrons. The Balaban J connectivity index is 1.96. The average molecular weight is 476 g/mol. The first-order chi connectivity index (χ1) is 13.4. The predicted octanol–water partition coefficient (Wildman–Crippen LogP) is 5.47. The number of rotatable bonds is 2. The Kier molecular flexibility index (Phi) is 4.84. The van der Waals surface area contributed by atoms with Gasteiger partial charge in [0.15, 0.2) is 0 Å². The number of hydrogen-bond donors (Lipinski definition) is 1. The fourth-order valence-electron chi connectivity index (χ4n) is 3.32. The lowest BCUT2D eigenvalue weighted by atomic mass is 9.84. The fraction of sp³-hybridized carbons (Fsp3) is 0.100. The molecule has 1 aliphatic rings. The van der Waals surface area contributed by atoms with Crippen LogP contribution >= 0.6 is 39.1 Å². The van der Waals surface area contributed by atoms with Crippen LogP contribution in [0.2, 0.25) is 10.0 Å². The maximum atomic E-state index is 9.74. The molecule has 8 heteroatoms. The Morgan fingerprint density at radius 2 is 1.93 bits per heavy atom. The predicted molar refractivity (Wildman–Crippen MR) is 112 cm³/mol. The van der Waals surface area contributed by atoms with E-state index in [1.54, 1.807) is 22.9 Å². The van der Waals surface area contributed by atoms with Crippen molar-refractivity contribution in [2.75, 3.05) is 0 Å². The van der Waals surface area contributed by atoms with Crippen LogP contribution in [-0.2, 0) is 0 Å². The van der Waals surface area contributed by atoms with Gasteiger partial charge in [-0.25, -0.2) is 4.68 Å². The third-order valence-corrected chi connectivity index (χ3v) is 5.67. The third-order valence-electron chi connectivity index (χ3n) is 4.58. The van der Waals surface area contributed by atoms with Crippen molar-refractivity contribution >= 4 is 39.1 Å². The van der Waals surface area contributed by atoms with E-state index in [-0.39, 0.29) is 11.5 Å². The monoisotopic (exact) mass is 474 g/mol. The highest BCUT2D eigenvalue weighted by Crippen LogP contribution is 2.46. The van der Waals surface area contributed by atoms with Crippen LogP contribution in [0.3, 0.4) is 0 Å². The molecule has 0 saturated carbocycles. The number of hydrogen-bond acceptors (Lipinski definition) is 4. The lowest BCUT2D eigenvalue weighted by Crippen LogP contribution is -2.22. The largest absolute Gasteiger partial charge is 0.422 e. The van der Waals surface area contributed by atoms with Crippen molar-refractivity contribution in [3.8, 4) is 17.6 Å². The molecular weight excluding hydrogens is 463 g/mol. The van der Waals surface area contributed by atoms with Gasteiger partial charge < -0.3 is 10.5 Å². The number of allylic oxidation sites excluding steroid dienone is 1. The van der Waals surface area contributed by atoms with Gasteiger partial charge in [-0.15, -0.1) is 0 Å². The number of aryl methyl sites for hydroxylation is 1. The summed E-state index contributed by atoms with van der Waals surface area (Å²) in [7, 11) is 0. The summed E-state index contributed by atoms with van der Waals surface area (Å²) >= 11 is 15.9. The summed E-state index contributed by atoms with van der Waals surface area (Å²) in [6, 6.07) is 15.0. The van der Waals surface area contributed by atoms with Gasteiger partial charge in [-0.2, -0.15) is 10.4 Å². The van der Waals surface area contributed by atoms with Gasteiger partial charge in [0.05, 0.1) is 22.9 Å². The fourth-order valence-corrected chi connectivity index (χ4v) is 4.10. The minimum Gasteiger partial charge on any atom is -0.422 e. The zero-order valence-corrected chi connectivity index (χ0v) is 17.7. The highest BCUT2D eigenvalue weighted by Gasteiger charge is 2.37. The summed E-state index contributed by atoms with van der Waals surface area (Å²) in [5.41, 5.74) is 9.39. The van der Waals surface area contributed by atoms with E-state index in [1.807, 2.05) is 31.2 Å². The first-order valence-corrected chi connectivity index (χ1v) is 9.83. The molecule has 2 aromatic carbocycles. The van der Waals surface area contributed by atoms with Crippen molar-refractivity contribution in [3.05, 3.63) is 85.3 Å². The van der Waals surface area contributed by atoms with E-state index in [2.05, 4.69) is 27.1 Å². The molecule has 2 heterocycles. The summed E-state index contributed by atoms with van der Waals surface area (Å²) in [4.78, 5) is 0. The van der Waals surface area contributed by atoms with Gasteiger partial charge in [0.2, 0.25) is 11.8 Å². The van der Waals surface area contributed by atoms with Crippen molar-refractivity contribution < 1.29 is 4.74 Å². The van der Waals surface area contributed by atoms with E-state index in [0.717, 1.165) is 15.7 Å². The minimum absolute atomic E-state index is 0.0317. The number of nitrogens with two attached hydrogens (primary N) is 1. The minimum atomic E-state index is -0.497. The number of benzene rings is 2. The Morgan fingerprint density at radius 1 is 1.21 bits per heavy atom. The molecule has 0 bridgehead atoms. The molecule has 0 spiro atoms. The number of nitrogens with zero attached hydrogens (tertiary/aromatic N) is 3. The van der Waals surface area contributed by atoms with Crippen molar-refractivity contribution in [3.63, 3.8) is 0 Å². The van der Waals surface area contributed by atoms with Crippen molar-refractivity contribution in [2.24, 2.45) is 5.73 Å². The van der Waals surface area contributed by atoms with E-state index >= 15 is 0 Å². The van der Waals surface area contributed by atoms with Gasteiger partial charge in [0.25, 0.3) is 0 Å². The van der Waals surface area contributed by atoms with Crippen LogP contribution in [0.25, 0.3) is 5.69 Å². The molecule has 4 rings (SSSR count). The lowest BCUT2D eigenvalue weighted by Gasteiger charge is -2.25. The van der Waals surface area contributed by atoms with Gasteiger partial charge in [0, 0.05) is 14.5 Å². The maximum Gasteiger partial charge on any atom is 0.229 e. The zero-order chi connectivity index (χ0) is 20.0. The standard InChI is InChI=1S/C20H13BrCl2N4O/c1-10-17-18(14-7-4-12(22)8-16(14)23)15(9-24)19(25)28-20(17)27(26-10)13-5-2-11(21)3-6-13/h2-8,18H,25H2,1H3/t18-/m0/s1. The SMILES string of the molecule is Cc1nn(-c2ccc(Br)cc2)c2c1[C@@H](c1ccc(Cl)cc1Cl)C(C#N)=C(N)O2. The highest BCUT2D eigenvalue weighted by molar-refractivity contribution is 9.10. The normalized spacial score (nSPS) is 15.8. The number of nitriles is 1. The Morgan fingerprint density at radius 3 is 2.57 bits per heavy atom. The Bertz CT molecular complexity index is 1160. The molecular formula is C20H13BrCl2N4O. The Labute approximate surface area is 180 Å². The molecule has 1 aromatic heterocycles. The first kappa shape index (κ1) is 18.9. The average Bonchev–Trinajstić information content (AvgIpc) is 2.98. The van der Waals surface area contributed by atoms with Gasteiger partial charge in [-0.3, -0.25) is 0 Å². The molecule has 1 atom stereocenters. The topological polar surface area (TPSA) is 76.9 Å². The molecule has 2 N–H and O–H groups in total. The Hall–Kier alpha value is -2.46. The quantitative estimate of drug-likeness (QED) is 0.533. The molecule has 1 aliphatic heterocycles. The van der Waals surface area contributed by atoms with Crippen LogP contribution in [0.4, 0.5) is 0 Å². The number of ether oxygens (including phenoxy) is 1. The molecule has 3 aromatic rings. The van der Waals surface area contributed by atoms with Gasteiger partial charge in [-0.1, -0.05) is 45.2 Å². The maximum absolute atomic E-state index is 9.74. The summed E-state index contributed by atoms with van der Waals surface area (Å²) < 4.78 is 8.47. The van der Waals surface area contributed by atoms with Gasteiger partial charge in [-0.05, 0) is 48.9 Å². The molecule has 0 amide bonds. The molecule has 0 saturated heterocycles. The highest BCUT2D eigenvalue weighted by atomic mass is 79.9. The third kappa shape index (κ3) is 3.06. The second-order valence-corrected chi connectivity index (χ2v) is 8.04. The zero-order valence-electron chi connectivity index (χ0n) is 14.6. The molecule has 0 unspecified atom stereocenters. The molecule has 140 valence electrons. The van der Waals surface area contributed by atoms with Crippen molar-refractivity contribution in [1.29, 1.82) is 5.26 Å². The van der Waals surface area contributed by atoms with E-state index in [4.69, 9.17) is 33.7 Å². The summed E-state index contributed by atoms with van der Waals surface area (Å²) in [6.07, 6.45) is 0. The summed E-state index contributed by atoms with van der Waals surface area (Å²) in [6.45, 7) is 1.87. The van der Waals surface area contributed by atoms with Crippen LogP contribution in [0.1, 0.15) is 22.7 Å². The van der Waals surface area contributed by atoms with E-state index in [1.165, 1.54) is 0 Å². The smallest absolute Gasteiger partial charge is 0.229 e. The van der Waals surface area contributed by atoms with Crippen molar-refractivity contribution in [1.82, 2.24) is 9.78 Å². The second kappa shape index (κ2) is 7.17. The van der Waals surface area contributed by atoms with Crippen LogP contribution in [-0.4, -0.2) is 9.78 Å². The lowest BCUT2D eigenvalue weighted by molar-refractivity contribution is 0.367. The van der Waals surface area contributed by atoms with Crippen molar-refractivity contribution in [2.45, 2.75) is 12.8 Å². The number of fused-ring (bicyclic) bond motifs is 1. The molecule has 0 aliphatic carbocycles. The summed E-state index contributed by atoms with van der Waals surface area (Å²) in [5.74, 6) is -0.000618. The molecule has 5 nitrogen and oxygen atoms in total. The van der Waals surface area contributed by atoms with Gasteiger partial charge in [0.1, 0.15) is 11.6 Å². The number of aromatic nitrogens is 2. The van der Waals surface area contributed by atoms with Crippen LogP contribution in [0.5, 0.6) is 5.88 Å². The van der Waals surface area contributed by atoms with Gasteiger partial charge >= 0.3 is 0 Å². The number of halogens is 3. The first-order valence-electron chi connectivity index (χ1n) is 8.28. The van der Waals surface area contributed by atoms with E-state index in [9.17, 15) is 5.26 Å².